The third-order valence-electron chi connectivity index (χ3n) is 4.29. The maximum atomic E-state index is 14.3. The Morgan fingerprint density at radius 1 is 1.33 bits per heavy atom. The van der Waals surface area contributed by atoms with E-state index in [1.165, 1.54) is 17.4 Å². The number of hydrogen-bond donors (Lipinski definition) is 1. The van der Waals surface area contributed by atoms with Crippen LogP contribution in [0.4, 0.5) is 4.39 Å². The fraction of sp³-hybridized carbons (Fsp3) is 0.235. The maximum absolute atomic E-state index is 14.3. The summed E-state index contributed by atoms with van der Waals surface area (Å²) in [5.74, 6) is -0.834. The van der Waals surface area contributed by atoms with E-state index in [1.807, 2.05) is 13.0 Å². The molecule has 3 aromatic rings. The van der Waals surface area contributed by atoms with Crippen molar-refractivity contribution in [3.8, 4) is 0 Å². The van der Waals surface area contributed by atoms with Crippen LogP contribution in [0.3, 0.4) is 0 Å². The van der Waals surface area contributed by atoms with Gasteiger partial charge in [-0.1, -0.05) is 17.7 Å². The van der Waals surface area contributed by atoms with Crippen LogP contribution in [0, 0.1) is 12.7 Å². The molecule has 1 fully saturated rings. The number of aromatic nitrogens is 2. The molecule has 1 N–H and O–H groups in total. The third kappa shape index (κ3) is 2.56. The van der Waals surface area contributed by atoms with Gasteiger partial charge in [-0.05, 0) is 43.0 Å². The molecule has 2 unspecified atom stereocenters. The van der Waals surface area contributed by atoms with Crippen molar-refractivity contribution in [2.75, 3.05) is 0 Å². The Kier molecular flexibility index (Phi) is 3.54. The number of carboxylic acids is 1. The molecule has 0 spiro atoms. The van der Waals surface area contributed by atoms with Gasteiger partial charge in [-0.25, -0.2) is 19.2 Å². The summed E-state index contributed by atoms with van der Waals surface area (Å²) >= 11 is 7.50. The van der Waals surface area contributed by atoms with Gasteiger partial charge in [0, 0.05) is 11.3 Å². The lowest BCUT2D eigenvalue weighted by Crippen LogP contribution is -2.00. The fourth-order valence-corrected chi connectivity index (χ4v) is 4.25. The van der Waals surface area contributed by atoms with Crippen LogP contribution in [0.15, 0.2) is 24.3 Å². The highest BCUT2D eigenvalue weighted by Gasteiger charge is 2.43. The summed E-state index contributed by atoms with van der Waals surface area (Å²) in [6.07, 6.45) is 0.780. The maximum Gasteiger partial charge on any atom is 0.335 e. The van der Waals surface area contributed by atoms with Gasteiger partial charge in [-0.2, -0.15) is 0 Å². The molecule has 0 radical (unpaired) electrons. The van der Waals surface area contributed by atoms with Crippen LogP contribution in [0.2, 0.25) is 4.34 Å². The van der Waals surface area contributed by atoms with Gasteiger partial charge >= 0.3 is 5.97 Å². The lowest BCUT2D eigenvalue weighted by molar-refractivity contribution is 0.0696. The van der Waals surface area contributed by atoms with Gasteiger partial charge in [0.25, 0.3) is 0 Å². The van der Waals surface area contributed by atoms with E-state index in [0.29, 0.717) is 15.7 Å². The number of benzene rings is 1. The Balaban J connectivity index is 1.71. The summed E-state index contributed by atoms with van der Waals surface area (Å²) in [6.45, 7) is 1.83. The van der Waals surface area contributed by atoms with Gasteiger partial charge in [0.1, 0.15) is 16.5 Å². The van der Waals surface area contributed by atoms with E-state index < -0.39 is 11.8 Å². The number of aryl methyl sites for hydroxylation is 1. The third-order valence-corrected chi connectivity index (χ3v) is 5.45. The van der Waals surface area contributed by atoms with Gasteiger partial charge < -0.3 is 5.11 Å². The molecule has 0 saturated heterocycles. The highest BCUT2D eigenvalue weighted by molar-refractivity contribution is 7.22. The molecule has 7 heteroatoms. The number of fused-ring (bicyclic) bond motifs is 1. The predicted octanol–water partition coefficient (Wildman–Crippen LogP) is 4.76. The Labute approximate surface area is 145 Å². The van der Waals surface area contributed by atoms with Crippen molar-refractivity contribution in [3.05, 3.63) is 57.1 Å². The largest absolute Gasteiger partial charge is 0.478 e. The number of rotatable bonds is 3. The highest BCUT2D eigenvalue weighted by atomic mass is 35.5. The second-order valence-electron chi connectivity index (χ2n) is 5.92. The first-order valence-electron chi connectivity index (χ1n) is 7.40. The van der Waals surface area contributed by atoms with E-state index in [-0.39, 0.29) is 17.4 Å². The minimum absolute atomic E-state index is 0.00372. The predicted molar refractivity (Wildman–Crippen MR) is 90.6 cm³/mol. The highest BCUT2D eigenvalue weighted by Crippen LogP contribution is 2.56. The van der Waals surface area contributed by atoms with Crippen LogP contribution in [-0.4, -0.2) is 21.0 Å². The monoisotopic (exact) mass is 362 g/mol. The molecule has 1 saturated carbocycles. The molecule has 2 heterocycles. The van der Waals surface area contributed by atoms with E-state index in [4.69, 9.17) is 16.7 Å². The van der Waals surface area contributed by atoms with Crippen LogP contribution >= 0.6 is 22.9 Å². The van der Waals surface area contributed by atoms with Gasteiger partial charge in [0.2, 0.25) is 0 Å². The quantitative estimate of drug-likeness (QED) is 0.729. The molecule has 4 rings (SSSR count). The van der Waals surface area contributed by atoms with E-state index >= 15 is 0 Å². The van der Waals surface area contributed by atoms with Crippen LogP contribution < -0.4 is 0 Å². The van der Waals surface area contributed by atoms with Crippen molar-refractivity contribution in [2.24, 2.45) is 0 Å². The SMILES string of the molecule is Cc1nc(C2CC2c2ccc(C(=O)O)cc2F)c2cc(Cl)sc2n1. The zero-order chi connectivity index (χ0) is 17.0. The van der Waals surface area contributed by atoms with E-state index in [1.54, 1.807) is 6.07 Å². The van der Waals surface area contributed by atoms with Crippen molar-refractivity contribution in [1.29, 1.82) is 0 Å². The Morgan fingerprint density at radius 2 is 2.12 bits per heavy atom. The lowest BCUT2D eigenvalue weighted by Gasteiger charge is -2.06. The zero-order valence-corrected chi connectivity index (χ0v) is 14.2. The molecule has 122 valence electrons. The number of carbonyl (C=O) groups is 1. The molecule has 0 amide bonds. The number of carboxylic acid groups (broad SMARTS) is 1. The summed E-state index contributed by atoms with van der Waals surface area (Å²) in [4.78, 5) is 20.7. The molecule has 0 aliphatic heterocycles. The second kappa shape index (κ2) is 5.50. The summed E-state index contributed by atoms with van der Waals surface area (Å²) in [5.41, 5.74) is 1.39. The first-order valence-corrected chi connectivity index (χ1v) is 8.60. The molecule has 1 aliphatic carbocycles. The lowest BCUT2D eigenvalue weighted by atomic mass is 10.0. The topological polar surface area (TPSA) is 63.1 Å². The molecular formula is C17H12ClFN2O2S. The molecule has 1 aliphatic rings. The first-order chi connectivity index (χ1) is 11.4. The Hall–Kier alpha value is -2.05. The van der Waals surface area contributed by atoms with Crippen molar-refractivity contribution in [3.63, 3.8) is 0 Å². The Morgan fingerprint density at radius 3 is 2.83 bits per heavy atom. The average molecular weight is 363 g/mol. The number of halogens is 2. The first kappa shape index (κ1) is 15.5. The summed E-state index contributed by atoms with van der Waals surface area (Å²) < 4.78 is 14.9. The number of nitrogens with zero attached hydrogens (tertiary/aromatic N) is 2. The normalized spacial score (nSPS) is 19.6. The molecule has 2 atom stereocenters. The van der Waals surface area contributed by atoms with E-state index in [9.17, 15) is 9.18 Å². The summed E-state index contributed by atoms with van der Waals surface area (Å²) in [7, 11) is 0. The van der Waals surface area contributed by atoms with Crippen molar-refractivity contribution < 1.29 is 14.3 Å². The number of aromatic carboxylic acids is 1. The summed E-state index contributed by atoms with van der Waals surface area (Å²) in [5, 5.41) is 9.86. The van der Waals surface area contributed by atoms with Gasteiger partial charge in [-0.15, -0.1) is 11.3 Å². The summed E-state index contributed by atoms with van der Waals surface area (Å²) in [6, 6.07) is 5.94. The minimum Gasteiger partial charge on any atom is -0.478 e. The number of hydrogen-bond acceptors (Lipinski definition) is 4. The van der Waals surface area contributed by atoms with Gasteiger partial charge in [0.05, 0.1) is 15.6 Å². The van der Waals surface area contributed by atoms with Gasteiger partial charge in [0.15, 0.2) is 0 Å². The van der Waals surface area contributed by atoms with Crippen molar-refractivity contribution in [2.45, 2.75) is 25.2 Å². The zero-order valence-electron chi connectivity index (χ0n) is 12.6. The van der Waals surface area contributed by atoms with E-state index in [0.717, 1.165) is 28.4 Å². The second-order valence-corrected chi connectivity index (χ2v) is 7.58. The van der Waals surface area contributed by atoms with Crippen LogP contribution in [-0.2, 0) is 0 Å². The molecule has 24 heavy (non-hydrogen) atoms. The van der Waals surface area contributed by atoms with Crippen molar-refractivity contribution >= 4 is 39.1 Å². The smallest absolute Gasteiger partial charge is 0.335 e. The van der Waals surface area contributed by atoms with Crippen molar-refractivity contribution in [1.82, 2.24) is 9.97 Å². The van der Waals surface area contributed by atoms with E-state index in [2.05, 4.69) is 9.97 Å². The Bertz CT molecular complexity index is 988. The van der Waals surface area contributed by atoms with Crippen LogP contribution in [0.5, 0.6) is 0 Å². The average Bonchev–Trinajstić information content (AvgIpc) is 3.20. The number of thiophene rings is 1. The fourth-order valence-electron chi connectivity index (χ4n) is 3.11. The molecule has 0 bridgehead atoms. The van der Waals surface area contributed by atoms with Gasteiger partial charge in [-0.3, -0.25) is 0 Å². The molecule has 2 aromatic heterocycles. The van der Waals surface area contributed by atoms with Crippen LogP contribution in [0.1, 0.15) is 45.7 Å². The van der Waals surface area contributed by atoms with Crippen LogP contribution in [0.25, 0.3) is 10.2 Å². The minimum atomic E-state index is -1.13. The molecular weight excluding hydrogens is 351 g/mol. The molecule has 1 aromatic carbocycles. The standard InChI is InChI=1S/C17H12ClFN2O2S/c1-7-20-15(12-6-14(18)24-16(12)21-7)11-5-10(11)9-3-2-8(17(22)23)4-13(9)19/h2-4,6,10-11H,5H2,1H3,(H,22,23). The molecule has 4 nitrogen and oxygen atoms in total.